The van der Waals surface area contributed by atoms with Crippen LogP contribution in [0.25, 0.3) is 0 Å². The van der Waals surface area contributed by atoms with E-state index in [4.69, 9.17) is 0 Å². The second-order valence-corrected chi connectivity index (χ2v) is 7.88. The van der Waals surface area contributed by atoms with E-state index in [1.54, 1.807) is 0 Å². The number of benzene rings is 2. The molecule has 0 bridgehead atoms. The molecule has 1 aliphatic rings. The Balaban J connectivity index is 1.42. The van der Waals surface area contributed by atoms with Crippen LogP contribution in [0.2, 0.25) is 0 Å². The van der Waals surface area contributed by atoms with E-state index in [1.165, 1.54) is 11.1 Å². The Labute approximate surface area is 167 Å². The Bertz CT molecular complexity index is 809. The summed E-state index contributed by atoms with van der Waals surface area (Å²) in [7, 11) is 0. The fraction of sp³-hybridized carbons (Fsp3) is 0.417. The topological polar surface area (TPSA) is 58.2 Å². The highest BCUT2D eigenvalue weighted by Crippen LogP contribution is 2.30. The molecule has 1 fully saturated rings. The minimum atomic E-state index is -0.00549. The van der Waals surface area contributed by atoms with E-state index < -0.39 is 0 Å². The van der Waals surface area contributed by atoms with Crippen LogP contribution in [0.1, 0.15) is 42.4 Å². The maximum atomic E-state index is 12.6. The Morgan fingerprint density at radius 3 is 2.18 bits per heavy atom. The van der Waals surface area contributed by atoms with E-state index in [2.05, 4.69) is 28.8 Å². The number of hydrogen-bond acceptors (Lipinski definition) is 2. The van der Waals surface area contributed by atoms with Crippen molar-refractivity contribution in [2.45, 2.75) is 46.0 Å². The number of nitrogens with one attached hydrogen (secondary N) is 2. The predicted octanol–water partition coefficient (Wildman–Crippen LogP) is 4.41. The number of amides is 2. The molecule has 2 aromatic carbocycles. The number of aryl methyl sites for hydroxylation is 2. The summed E-state index contributed by atoms with van der Waals surface area (Å²) in [5, 5.41) is 6.12. The van der Waals surface area contributed by atoms with Gasteiger partial charge in [0.05, 0.1) is 0 Å². The highest BCUT2D eigenvalue weighted by atomic mass is 16.2. The maximum absolute atomic E-state index is 12.6. The van der Waals surface area contributed by atoms with Gasteiger partial charge in [-0.05, 0) is 63.1 Å². The fourth-order valence-corrected chi connectivity index (χ4v) is 3.93. The van der Waals surface area contributed by atoms with Gasteiger partial charge in [-0.15, -0.1) is 0 Å². The van der Waals surface area contributed by atoms with Gasteiger partial charge >= 0.3 is 0 Å². The van der Waals surface area contributed by atoms with Gasteiger partial charge in [-0.2, -0.15) is 0 Å². The first-order valence-corrected chi connectivity index (χ1v) is 10.2. The third-order valence-corrected chi connectivity index (χ3v) is 5.66. The molecule has 0 saturated heterocycles. The second kappa shape index (κ2) is 9.54. The highest BCUT2D eigenvalue weighted by Gasteiger charge is 2.29. The Morgan fingerprint density at radius 2 is 1.54 bits per heavy atom. The molecular formula is C24H30N2O2. The normalized spacial score (nSPS) is 19.1. The van der Waals surface area contributed by atoms with Crippen molar-refractivity contribution in [1.82, 2.24) is 5.32 Å². The van der Waals surface area contributed by atoms with Gasteiger partial charge in [0.15, 0.2) is 0 Å². The molecule has 0 spiro atoms. The molecule has 0 aromatic heterocycles. The van der Waals surface area contributed by atoms with E-state index in [-0.39, 0.29) is 23.7 Å². The summed E-state index contributed by atoms with van der Waals surface area (Å²) in [6, 6.07) is 16.2. The number of rotatable bonds is 6. The lowest BCUT2D eigenvalue weighted by Gasteiger charge is -2.27. The zero-order chi connectivity index (χ0) is 19.9. The van der Waals surface area contributed by atoms with E-state index in [0.29, 0.717) is 6.54 Å². The van der Waals surface area contributed by atoms with Crippen LogP contribution in [0, 0.1) is 25.7 Å². The van der Waals surface area contributed by atoms with Gasteiger partial charge in [0.25, 0.3) is 0 Å². The number of anilines is 1. The van der Waals surface area contributed by atoms with Crippen LogP contribution in [0.4, 0.5) is 5.69 Å². The molecule has 1 aliphatic carbocycles. The minimum Gasteiger partial charge on any atom is -0.356 e. The molecular weight excluding hydrogens is 348 g/mol. The zero-order valence-corrected chi connectivity index (χ0v) is 16.8. The van der Waals surface area contributed by atoms with Gasteiger partial charge in [-0.3, -0.25) is 9.59 Å². The van der Waals surface area contributed by atoms with Gasteiger partial charge in [-0.1, -0.05) is 48.0 Å². The fourth-order valence-electron chi connectivity index (χ4n) is 3.93. The predicted molar refractivity (Wildman–Crippen MR) is 113 cm³/mol. The van der Waals surface area contributed by atoms with Gasteiger partial charge in [-0.25, -0.2) is 0 Å². The molecule has 28 heavy (non-hydrogen) atoms. The van der Waals surface area contributed by atoms with Crippen molar-refractivity contribution in [2.24, 2.45) is 11.8 Å². The molecule has 148 valence electrons. The first-order chi connectivity index (χ1) is 13.5. The molecule has 0 aliphatic heterocycles. The van der Waals surface area contributed by atoms with Gasteiger partial charge in [0.2, 0.25) is 11.8 Å². The smallest absolute Gasteiger partial charge is 0.227 e. The van der Waals surface area contributed by atoms with Crippen molar-refractivity contribution in [1.29, 1.82) is 0 Å². The summed E-state index contributed by atoms with van der Waals surface area (Å²) in [5.41, 5.74) is 4.39. The van der Waals surface area contributed by atoms with Crippen LogP contribution in [0.15, 0.2) is 48.5 Å². The largest absolute Gasteiger partial charge is 0.356 e. The average Bonchev–Trinajstić information content (AvgIpc) is 2.71. The van der Waals surface area contributed by atoms with Crippen LogP contribution in [0.5, 0.6) is 0 Å². The van der Waals surface area contributed by atoms with Crippen molar-refractivity contribution in [3.8, 4) is 0 Å². The van der Waals surface area contributed by atoms with Crippen LogP contribution < -0.4 is 10.6 Å². The molecule has 1 saturated carbocycles. The zero-order valence-electron chi connectivity index (χ0n) is 16.8. The Hall–Kier alpha value is -2.62. The lowest BCUT2D eigenvalue weighted by molar-refractivity contribution is -0.128. The molecule has 0 heterocycles. The molecule has 0 unspecified atom stereocenters. The number of carbonyl (C=O) groups is 2. The van der Waals surface area contributed by atoms with Crippen molar-refractivity contribution in [3.63, 3.8) is 0 Å². The molecule has 4 nitrogen and oxygen atoms in total. The quantitative estimate of drug-likeness (QED) is 0.782. The standard InChI is InChI=1S/C24H30N2O2/c1-17-8-13-22(18(2)16-17)26-24(28)21-11-9-20(10-12-21)23(27)25-15-14-19-6-4-3-5-7-19/h3-8,13,16,20-21H,9-12,14-15H2,1-2H3,(H,25,27)(H,26,28). The van der Waals surface area contributed by atoms with E-state index in [9.17, 15) is 9.59 Å². The van der Waals surface area contributed by atoms with Crippen molar-refractivity contribution >= 4 is 17.5 Å². The third-order valence-electron chi connectivity index (χ3n) is 5.66. The second-order valence-electron chi connectivity index (χ2n) is 7.88. The first-order valence-electron chi connectivity index (χ1n) is 10.2. The Kier molecular flexibility index (Phi) is 6.85. The average molecular weight is 379 g/mol. The summed E-state index contributed by atoms with van der Waals surface area (Å²) in [4.78, 5) is 25.0. The van der Waals surface area contributed by atoms with Crippen molar-refractivity contribution < 1.29 is 9.59 Å². The van der Waals surface area contributed by atoms with Crippen LogP contribution >= 0.6 is 0 Å². The van der Waals surface area contributed by atoms with Crippen LogP contribution in [-0.4, -0.2) is 18.4 Å². The van der Waals surface area contributed by atoms with E-state index in [0.717, 1.165) is 43.4 Å². The van der Waals surface area contributed by atoms with Gasteiger partial charge < -0.3 is 10.6 Å². The minimum absolute atomic E-state index is 0.00549. The molecule has 3 rings (SSSR count). The summed E-state index contributed by atoms with van der Waals surface area (Å²) < 4.78 is 0. The van der Waals surface area contributed by atoms with E-state index in [1.807, 2.05) is 44.2 Å². The Morgan fingerprint density at radius 1 is 0.893 bits per heavy atom. The number of hydrogen-bond donors (Lipinski definition) is 2. The lowest BCUT2D eigenvalue weighted by atomic mass is 9.81. The van der Waals surface area contributed by atoms with Crippen molar-refractivity contribution in [2.75, 3.05) is 11.9 Å². The number of carbonyl (C=O) groups excluding carboxylic acids is 2. The lowest BCUT2D eigenvalue weighted by Crippen LogP contribution is -2.36. The van der Waals surface area contributed by atoms with E-state index >= 15 is 0 Å². The molecule has 4 heteroatoms. The monoisotopic (exact) mass is 378 g/mol. The van der Waals surface area contributed by atoms with Crippen LogP contribution in [-0.2, 0) is 16.0 Å². The maximum Gasteiger partial charge on any atom is 0.227 e. The summed E-state index contributed by atoms with van der Waals surface area (Å²) >= 11 is 0. The third kappa shape index (κ3) is 5.44. The highest BCUT2D eigenvalue weighted by molar-refractivity contribution is 5.93. The van der Waals surface area contributed by atoms with Gasteiger partial charge in [0.1, 0.15) is 0 Å². The van der Waals surface area contributed by atoms with Gasteiger partial charge in [0, 0.05) is 24.1 Å². The molecule has 2 N–H and O–H groups in total. The summed E-state index contributed by atoms with van der Waals surface area (Å²) in [6.07, 6.45) is 3.95. The SMILES string of the molecule is Cc1ccc(NC(=O)C2CCC(C(=O)NCCc3ccccc3)CC2)c(C)c1. The van der Waals surface area contributed by atoms with Crippen LogP contribution in [0.3, 0.4) is 0 Å². The molecule has 2 aromatic rings. The molecule has 0 radical (unpaired) electrons. The molecule has 0 atom stereocenters. The first kappa shape index (κ1) is 20.1. The summed E-state index contributed by atoms with van der Waals surface area (Å²) in [5.74, 6) is 0.231. The molecule has 2 amide bonds. The van der Waals surface area contributed by atoms with Crippen molar-refractivity contribution in [3.05, 3.63) is 65.2 Å². The summed E-state index contributed by atoms with van der Waals surface area (Å²) in [6.45, 7) is 4.72.